The van der Waals surface area contributed by atoms with Gasteiger partial charge in [0.15, 0.2) is 5.82 Å². The van der Waals surface area contributed by atoms with Crippen molar-refractivity contribution < 1.29 is 8.78 Å². The smallest absolute Gasteiger partial charge is 0.241 e. The van der Waals surface area contributed by atoms with Crippen LogP contribution in [0.25, 0.3) is 34.3 Å². The Morgan fingerprint density at radius 1 is 0.973 bits per heavy atom. The van der Waals surface area contributed by atoms with Gasteiger partial charge in [-0.2, -0.15) is 9.37 Å². The molecule has 3 aliphatic rings. The van der Waals surface area contributed by atoms with E-state index in [1.54, 1.807) is 18.3 Å². The van der Waals surface area contributed by atoms with Gasteiger partial charge >= 0.3 is 0 Å². The van der Waals surface area contributed by atoms with Crippen LogP contribution in [-0.4, -0.2) is 47.6 Å². The van der Waals surface area contributed by atoms with Gasteiger partial charge in [0.1, 0.15) is 17.2 Å². The molecule has 2 fully saturated rings. The lowest BCUT2D eigenvalue weighted by Gasteiger charge is -2.36. The standard InChI is InChI=1S/C29H30F2N6/c1-18-25-21(8-10-33-18)16-22(17-24(25)30)27-29(32)35-28(31)26(34-27)20-4-6-23(7-5-20)37-14-12-36(13-15-37)11-9-19-2-3-19/h4-8,10,16-17,19,33H,1-3,9,11-15H2,(H2,32,35). The first-order chi connectivity index (χ1) is 18.0. The molecule has 6 rings (SSSR count). The van der Waals surface area contributed by atoms with Crippen LogP contribution in [0.5, 0.6) is 0 Å². The van der Waals surface area contributed by atoms with Crippen LogP contribution in [0.2, 0.25) is 0 Å². The number of piperazine rings is 1. The summed E-state index contributed by atoms with van der Waals surface area (Å²) < 4.78 is 29.8. The molecule has 0 bridgehead atoms. The van der Waals surface area contributed by atoms with Crippen molar-refractivity contribution in [2.24, 2.45) is 5.92 Å². The highest BCUT2D eigenvalue weighted by atomic mass is 19.1. The topological polar surface area (TPSA) is 70.3 Å². The minimum absolute atomic E-state index is 0.0837. The number of fused-ring (bicyclic) bond motifs is 1. The van der Waals surface area contributed by atoms with E-state index in [0.29, 0.717) is 28.0 Å². The van der Waals surface area contributed by atoms with Crippen LogP contribution >= 0.6 is 0 Å². The molecule has 0 spiro atoms. The molecule has 190 valence electrons. The van der Waals surface area contributed by atoms with E-state index in [-0.39, 0.29) is 17.2 Å². The van der Waals surface area contributed by atoms with Crippen LogP contribution in [0, 0.1) is 17.7 Å². The first-order valence-corrected chi connectivity index (χ1v) is 12.8. The molecule has 0 unspecified atom stereocenters. The lowest BCUT2D eigenvalue weighted by Crippen LogP contribution is -2.46. The van der Waals surface area contributed by atoms with Gasteiger partial charge in [0, 0.05) is 60.5 Å². The lowest BCUT2D eigenvalue weighted by atomic mass is 9.97. The molecule has 1 aliphatic carbocycles. The van der Waals surface area contributed by atoms with Crippen LogP contribution in [0.15, 0.2) is 49.2 Å². The van der Waals surface area contributed by atoms with Crippen LogP contribution < -0.4 is 16.0 Å². The summed E-state index contributed by atoms with van der Waals surface area (Å²) in [6.07, 6.45) is 7.57. The summed E-state index contributed by atoms with van der Waals surface area (Å²) >= 11 is 0. The predicted octanol–water partition coefficient (Wildman–Crippen LogP) is 5.14. The molecule has 3 heterocycles. The van der Waals surface area contributed by atoms with E-state index in [2.05, 4.69) is 31.7 Å². The molecule has 1 aromatic heterocycles. The molecule has 3 N–H and O–H groups in total. The highest BCUT2D eigenvalue weighted by Gasteiger charge is 2.24. The number of nitrogens with two attached hydrogens (primary N) is 1. The van der Waals surface area contributed by atoms with Crippen molar-refractivity contribution in [1.82, 2.24) is 20.2 Å². The summed E-state index contributed by atoms with van der Waals surface area (Å²) in [5.74, 6) is -0.343. The van der Waals surface area contributed by atoms with Crippen LogP contribution in [0.1, 0.15) is 30.4 Å². The fraction of sp³-hybridized carbons (Fsp3) is 0.310. The van der Waals surface area contributed by atoms with E-state index in [9.17, 15) is 8.78 Å². The number of nitrogen functional groups attached to an aromatic ring is 1. The average Bonchev–Trinajstić information content (AvgIpc) is 3.73. The minimum Gasteiger partial charge on any atom is -0.382 e. The Kier molecular flexibility index (Phi) is 6.12. The Bertz CT molecular complexity index is 1370. The number of nitrogens with zero attached hydrogens (tertiary/aromatic N) is 4. The number of hydrogen-bond acceptors (Lipinski definition) is 6. The maximum Gasteiger partial charge on any atom is 0.241 e. The van der Waals surface area contributed by atoms with Crippen molar-refractivity contribution >= 4 is 23.3 Å². The Hall–Kier alpha value is -3.78. The third-order valence-electron chi connectivity index (χ3n) is 7.53. The molecule has 2 aliphatic heterocycles. The lowest BCUT2D eigenvalue weighted by molar-refractivity contribution is 0.250. The SMILES string of the molecule is C=C1NC=Cc2cc(-c3nc(-c4ccc(N5CCN(CCC6CC6)CC5)cc4)c(F)nc3N)cc(F)c21. The van der Waals surface area contributed by atoms with Gasteiger partial charge < -0.3 is 16.0 Å². The largest absolute Gasteiger partial charge is 0.382 e. The predicted molar refractivity (Wildman–Crippen MR) is 144 cm³/mol. The summed E-state index contributed by atoms with van der Waals surface area (Å²) in [6.45, 7) is 9.13. The van der Waals surface area contributed by atoms with Gasteiger partial charge in [-0.3, -0.25) is 4.90 Å². The van der Waals surface area contributed by atoms with Gasteiger partial charge in [0.2, 0.25) is 5.95 Å². The van der Waals surface area contributed by atoms with Crippen molar-refractivity contribution in [2.45, 2.75) is 19.3 Å². The number of halogens is 2. The van der Waals surface area contributed by atoms with E-state index in [4.69, 9.17) is 5.73 Å². The highest BCUT2D eigenvalue weighted by molar-refractivity contribution is 5.82. The molecule has 3 aromatic rings. The second-order valence-corrected chi connectivity index (χ2v) is 10.1. The molecule has 8 heteroatoms. The summed E-state index contributed by atoms with van der Waals surface area (Å²) in [5.41, 5.74) is 9.98. The zero-order chi connectivity index (χ0) is 25.5. The third kappa shape index (κ3) is 4.81. The van der Waals surface area contributed by atoms with Crippen molar-refractivity contribution in [3.63, 3.8) is 0 Å². The van der Waals surface area contributed by atoms with Crippen LogP contribution in [-0.2, 0) is 0 Å². The maximum absolute atomic E-state index is 14.9. The Morgan fingerprint density at radius 3 is 2.46 bits per heavy atom. The van der Waals surface area contributed by atoms with Gasteiger partial charge in [-0.25, -0.2) is 9.37 Å². The quantitative estimate of drug-likeness (QED) is 0.489. The molecule has 6 nitrogen and oxygen atoms in total. The number of anilines is 2. The molecular formula is C29H30F2N6. The van der Waals surface area contributed by atoms with Crippen molar-refractivity contribution in [3.05, 3.63) is 72.1 Å². The summed E-state index contributed by atoms with van der Waals surface area (Å²) in [7, 11) is 0. The molecule has 0 atom stereocenters. The molecule has 0 amide bonds. The number of aromatic nitrogens is 2. The molecule has 1 saturated heterocycles. The van der Waals surface area contributed by atoms with E-state index < -0.39 is 11.8 Å². The monoisotopic (exact) mass is 500 g/mol. The van der Waals surface area contributed by atoms with Gasteiger partial charge in [-0.05, 0) is 54.8 Å². The fourth-order valence-corrected chi connectivity index (χ4v) is 5.17. The van der Waals surface area contributed by atoms with Gasteiger partial charge in [-0.15, -0.1) is 0 Å². The molecule has 2 aromatic carbocycles. The third-order valence-corrected chi connectivity index (χ3v) is 7.53. The van der Waals surface area contributed by atoms with Crippen LogP contribution in [0.4, 0.5) is 20.3 Å². The molecule has 37 heavy (non-hydrogen) atoms. The highest BCUT2D eigenvalue weighted by Crippen LogP contribution is 2.34. The van der Waals surface area contributed by atoms with E-state index >= 15 is 0 Å². The van der Waals surface area contributed by atoms with E-state index in [1.165, 1.54) is 31.9 Å². The Morgan fingerprint density at radius 2 is 1.73 bits per heavy atom. The Balaban J connectivity index is 1.23. The van der Waals surface area contributed by atoms with Gasteiger partial charge in [-0.1, -0.05) is 31.6 Å². The summed E-state index contributed by atoms with van der Waals surface area (Å²) in [6, 6.07) is 10.8. The zero-order valence-electron chi connectivity index (χ0n) is 20.7. The summed E-state index contributed by atoms with van der Waals surface area (Å²) in [5, 5.41) is 2.91. The number of rotatable bonds is 6. The Labute approximate surface area is 215 Å². The molecular weight excluding hydrogens is 470 g/mol. The molecule has 0 radical (unpaired) electrons. The van der Waals surface area contributed by atoms with Crippen LogP contribution in [0.3, 0.4) is 0 Å². The fourth-order valence-electron chi connectivity index (χ4n) is 5.17. The normalized spacial score (nSPS) is 17.6. The summed E-state index contributed by atoms with van der Waals surface area (Å²) in [4.78, 5) is 13.3. The molecule has 1 saturated carbocycles. The van der Waals surface area contributed by atoms with Gasteiger partial charge in [0.25, 0.3) is 0 Å². The van der Waals surface area contributed by atoms with E-state index in [0.717, 1.165) is 37.8 Å². The second-order valence-electron chi connectivity index (χ2n) is 10.1. The minimum atomic E-state index is -0.755. The number of benzene rings is 2. The first kappa shape index (κ1) is 23.6. The van der Waals surface area contributed by atoms with Crippen molar-refractivity contribution in [1.29, 1.82) is 0 Å². The second kappa shape index (κ2) is 9.59. The number of nitrogens with one attached hydrogen (secondary N) is 1. The number of hydrogen-bond donors (Lipinski definition) is 2. The van der Waals surface area contributed by atoms with E-state index in [1.807, 2.05) is 24.3 Å². The first-order valence-electron chi connectivity index (χ1n) is 12.8. The van der Waals surface area contributed by atoms with Crippen molar-refractivity contribution in [3.8, 4) is 22.5 Å². The maximum atomic E-state index is 14.9. The van der Waals surface area contributed by atoms with Gasteiger partial charge in [0.05, 0.1) is 0 Å². The average molecular weight is 501 g/mol. The van der Waals surface area contributed by atoms with Crippen molar-refractivity contribution in [2.75, 3.05) is 43.4 Å². The zero-order valence-corrected chi connectivity index (χ0v) is 20.7.